The predicted octanol–water partition coefficient (Wildman–Crippen LogP) is 4.95. The molecule has 0 radical (unpaired) electrons. The first kappa shape index (κ1) is 14.9. The number of aryl methyl sites for hydroxylation is 1. The van der Waals surface area contributed by atoms with E-state index in [1.807, 2.05) is 24.3 Å². The van der Waals surface area contributed by atoms with Crippen molar-refractivity contribution in [1.29, 1.82) is 0 Å². The molecule has 0 aromatic heterocycles. The van der Waals surface area contributed by atoms with Crippen LogP contribution in [0, 0.1) is 5.92 Å². The van der Waals surface area contributed by atoms with Crippen LogP contribution in [0.4, 0.5) is 13.2 Å². The fraction of sp³-hybridized carbons (Fsp3) is 0.333. The van der Waals surface area contributed by atoms with Crippen LogP contribution in [0.25, 0.3) is 0 Å². The summed E-state index contributed by atoms with van der Waals surface area (Å²) in [6.07, 6.45) is -3.58. The van der Waals surface area contributed by atoms with E-state index in [2.05, 4.69) is 0 Å². The summed E-state index contributed by atoms with van der Waals surface area (Å²) in [7, 11) is 1.55. The molecule has 0 spiro atoms. The van der Waals surface area contributed by atoms with Crippen LogP contribution in [-0.2, 0) is 6.42 Å². The minimum Gasteiger partial charge on any atom is -0.497 e. The van der Waals surface area contributed by atoms with Crippen LogP contribution < -0.4 is 4.74 Å². The third-order valence-electron chi connectivity index (χ3n) is 4.41. The zero-order valence-electron chi connectivity index (χ0n) is 12.2. The molecular formula is C18H17F3O. The number of benzene rings is 2. The first-order valence-electron chi connectivity index (χ1n) is 7.29. The van der Waals surface area contributed by atoms with Gasteiger partial charge in [-0.15, -0.1) is 0 Å². The van der Waals surface area contributed by atoms with Gasteiger partial charge in [0.15, 0.2) is 0 Å². The van der Waals surface area contributed by atoms with Gasteiger partial charge in [0, 0.05) is 5.92 Å². The number of alkyl halides is 3. The van der Waals surface area contributed by atoms with Crippen molar-refractivity contribution in [2.75, 3.05) is 7.11 Å². The van der Waals surface area contributed by atoms with Crippen molar-refractivity contribution in [2.24, 2.45) is 5.92 Å². The molecule has 0 aliphatic heterocycles. The van der Waals surface area contributed by atoms with Gasteiger partial charge in [-0.1, -0.05) is 36.4 Å². The minimum atomic E-state index is -4.20. The summed E-state index contributed by atoms with van der Waals surface area (Å²) in [5.74, 6) is -1.33. The predicted molar refractivity (Wildman–Crippen MR) is 79.1 cm³/mol. The van der Waals surface area contributed by atoms with Crippen LogP contribution in [0.2, 0.25) is 0 Å². The molecule has 0 saturated carbocycles. The van der Waals surface area contributed by atoms with Crippen molar-refractivity contribution in [1.82, 2.24) is 0 Å². The highest BCUT2D eigenvalue weighted by Gasteiger charge is 2.47. The smallest absolute Gasteiger partial charge is 0.392 e. The summed E-state index contributed by atoms with van der Waals surface area (Å²) in [6, 6.07) is 14.4. The molecule has 4 heteroatoms. The molecule has 1 nitrogen and oxygen atoms in total. The third-order valence-corrected chi connectivity index (χ3v) is 4.41. The van der Waals surface area contributed by atoms with E-state index < -0.39 is 18.0 Å². The quantitative estimate of drug-likeness (QED) is 0.762. The Morgan fingerprint density at radius 2 is 1.68 bits per heavy atom. The Bertz CT molecular complexity index is 646. The highest BCUT2D eigenvalue weighted by Crippen LogP contribution is 2.48. The van der Waals surface area contributed by atoms with Gasteiger partial charge in [0.25, 0.3) is 0 Å². The van der Waals surface area contributed by atoms with Crippen molar-refractivity contribution in [3.8, 4) is 5.75 Å². The van der Waals surface area contributed by atoms with E-state index in [-0.39, 0.29) is 6.42 Å². The molecule has 2 aromatic rings. The van der Waals surface area contributed by atoms with Crippen LogP contribution in [0.5, 0.6) is 5.75 Å². The molecule has 0 bridgehead atoms. The van der Waals surface area contributed by atoms with Crippen LogP contribution in [0.15, 0.2) is 48.5 Å². The number of hydrogen-bond donors (Lipinski definition) is 0. The summed E-state index contributed by atoms with van der Waals surface area (Å²) in [5.41, 5.74) is 2.50. The van der Waals surface area contributed by atoms with E-state index in [1.54, 1.807) is 31.4 Å². The Hall–Kier alpha value is -1.97. The summed E-state index contributed by atoms with van der Waals surface area (Å²) >= 11 is 0. The lowest BCUT2D eigenvalue weighted by molar-refractivity contribution is -0.181. The number of ether oxygens (including phenoxy) is 1. The lowest BCUT2D eigenvalue weighted by Crippen LogP contribution is -2.33. The summed E-state index contributed by atoms with van der Waals surface area (Å²) in [4.78, 5) is 0. The van der Waals surface area contributed by atoms with Crippen LogP contribution in [-0.4, -0.2) is 13.3 Å². The lowest BCUT2D eigenvalue weighted by Gasteiger charge is -2.35. The largest absolute Gasteiger partial charge is 0.497 e. The maximum atomic E-state index is 13.5. The van der Waals surface area contributed by atoms with E-state index in [0.29, 0.717) is 17.7 Å². The van der Waals surface area contributed by atoms with Gasteiger partial charge in [-0.2, -0.15) is 13.2 Å². The second-order valence-corrected chi connectivity index (χ2v) is 5.64. The number of fused-ring (bicyclic) bond motifs is 1. The van der Waals surface area contributed by atoms with Gasteiger partial charge >= 0.3 is 6.18 Å². The Balaban J connectivity index is 2.08. The zero-order chi connectivity index (χ0) is 15.7. The van der Waals surface area contributed by atoms with Gasteiger partial charge in [-0.05, 0) is 41.7 Å². The molecule has 0 saturated heterocycles. The number of hydrogen-bond acceptors (Lipinski definition) is 1. The average molecular weight is 306 g/mol. The van der Waals surface area contributed by atoms with Crippen molar-refractivity contribution in [3.05, 3.63) is 65.2 Å². The fourth-order valence-corrected chi connectivity index (χ4v) is 3.34. The molecule has 0 N–H and O–H groups in total. The Kier molecular flexibility index (Phi) is 3.85. The molecule has 2 atom stereocenters. The molecular weight excluding hydrogens is 289 g/mol. The molecule has 0 amide bonds. The summed E-state index contributed by atoms with van der Waals surface area (Å²) in [5, 5.41) is 0. The zero-order valence-corrected chi connectivity index (χ0v) is 12.2. The third kappa shape index (κ3) is 2.70. The molecule has 0 fully saturated rings. The monoisotopic (exact) mass is 306 g/mol. The molecule has 116 valence electrons. The molecule has 22 heavy (non-hydrogen) atoms. The first-order valence-corrected chi connectivity index (χ1v) is 7.29. The van der Waals surface area contributed by atoms with Gasteiger partial charge in [-0.3, -0.25) is 0 Å². The van der Waals surface area contributed by atoms with Crippen molar-refractivity contribution in [2.45, 2.75) is 24.9 Å². The van der Waals surface area contributed by atoms with E-state index in [1.165, 1.54) is 0 Å². The normalized spacial score (nSPS) is 21.3. The standard InChI is InChI=1S/C18H17F3O/c1-22-14-9-6-13(7-10-14)17-15-5-3-2-4-12(15)8-11-16(17)18(19,20)21/h2-7,9-10,16-17H,8,11H2,1H3/t16-,17+/m0/s1. The van der Waals surface area contributed by atoms with Crippen LogP contribution >= 0.6 is 0 Å². The highest BCUT2D eigenvalue weighted by atomic mass is 19.4. The maximum Gasteiger partial charge on any atom is 0.392 e. The second-order valence-electron chi connectivity index (χ2n) is 5.64. The average Bonchev–Trinajstić information content (AvgIpc) is 2.53. The van der Waals surface area contributed by atoms with Crippen molar-refractivity contribution < 1.29 is 17.9 Å². The Morgan fingerprint density at radius 1 is 1.00 bits per heavy atom. The Morgan fingerprint density at radius 3 is 2.32 bits per heavy atom. The Labute approximate surface area is 127 Å². The van der Waals surface area contributed by atoms with Gasteiger partial charge in [0.1, 0.15) is 5.75 Å². The van der Waals surface area contributed by atoms with Gasteiger partial charge in [0.05, 0.1) is 13.0 Å². The summed E-state index contributed by atoms with van der Waals surface area (Å²) in [6.45, 7) is 0. The molecule has 3 rings (SSSR count). The maximum absolute atomic E-state index is 13.5. The molecule has 0 unspecified atom stereocenters. The second kappa shape index (κ2) is 5.67. The molecule has 1 aliphatic carbocycles. The topological polar surface area (TPSA) is 9.23 Å². The number of methoxy groups -OCH3 is 1. The number of halogens is 3. The van der Waals surface area contributed by atoms with E-state index in [0.717, 1.165) is 11.1 Å². The lowest BCUT2D eigenvalue weighted by atomic mass is 9.71. The first-order chi connectivity index (χ1) is 10.5. The number of rotatable bonds is 2. The van der Waals surface area contributed by atoms with Crippen LogP contribution in [0.1, 0.15) is 29.0 Å². The van der Waals surface area contributed by atoms with Gasteiger partial charge in [-0.25, -0.2) is 0 Å². The van der Waals surface area contributed by atoms with E-state index >= 15 is 0 Å². The molecule has 1 aliphatic rings. The minimum absolute atomic E-state index is 0.136. The molecule has 0 heterocycles. The highest BCUT2D eigenvalue weighted by molar-refractivity contribution is 5.42. The van der Waals surface area contributed by atoms with Gasteiger partial charge in [0.2, 0.25) is 0 Å². The van der Waals surface area contributed by atoms with E-state index in [4.69, 9.17) is 4.74 Å². The fourth-order valence-electron chi connectivity index (χ4n) is 3.34. The summed E-state index contributed by atoms with van der Waals surface area (Å²) < 4.78 is 45.6. The van der Waals surface area contributed by atoms with Crippen molar-refractivity contribution in [3.63, 3.8) is 0 Å². The van der Waals surface area contributed by atoms with E-state index in [9.17, 15) is 13.2 Å². The van der Waals surface area contributed by atoms with Crippen molar-refractivity contribution >= 4 is 0 Å². The van der Waals surface area contributed by atoms with Gasteiger partial charge < -0.3 is 4.74 Å². The SMILES string of the molecule is COc1ccc([C@@H]2c3ccccc3CC[C@@H]2C(F)(F)F)cc1. The molecule has 2 aromatic carbocycles. The van der Waals surface area contributed by atoms with Crippen LogP contribution in [0.3, 0.4) is 0 Å².